The second-order valence-corrected chi connectivity index (χ2v) is 47.2. The standard InChI is InChI=1S/C91H127N5O36S5/c1-77(2)102-37-48(113-77)61-87(133-21,66-72(108-61)123-82(11,12)118-66)53-26-42(128-92-53)31-97-36-47-58(98-32-43-27-54(93-129-43)88(134-22)62(49-38-103-78(3,4)114-49)109-73-67(88)119-83(13,14)124-73)59(99-33-44-28-55(94-130-44)89(135-23)63(50-39-104-79(5,6)115-50)110-74-68(89)120-84(15,16)125-74)60(100-34-45-29-56(95-131-45)90(136-24)64(51-40-105-80(7,8)116-51)111-75-69(90)121-85(17,18)126-75)71(107-47)101-35-46-30-57(96-132-46)91(137-25)65(52-41-106-81(9,10)117-52)112-76-70(91)122-86(19,20)127-76/h26-30,47-52,58-76H,31-41H2,1-25H3/t47-,48-,49-,50-,51-,52-,58-,59+,60-,61-,62-,63-,64-,65-,66+,67+,68+,69+,70+,71-,72-,73-,74-,75-,76-,87+,88+,89+,90+,91+/m1/s1. The molecule has 0 unspecified atom stereocenters. The molecule has 46 heteroatoms. The van der Waals surface area contributed by atoms with Gasteiger partial charge in [-0.05, 0) is 170 Å². The zero-order valence-corrected chi connectivity index (χ0v) is 85.7. The van der Waals surface area contributed by atoms with Crippen LogP contribution in [-0.4, -0.2) is 308 Å². The van der Waals surface area contributed by atoms with E-state index in [2.05, 4.69) is 0 Å². The van der Waals surface area contributed by atoms with Crippen LogP contribution in [0, 0.1) is 0 Å². The Kier molecular flexibility index (Phi) is 25.9. The van der Waals surface area contributed by atoms with Crippen molar-refractivity contribution in [2.24, 2.45) is 0 Å². The van der Waals surface area contributed by atoms with Gasteiger partial charge in [0.05, 0.1) is 39.6 Å². The Morgan fingerprint density at radius 1 is 0.255 bits per heavy atom. The number of hydrogen-bond donors (Lipinski definition) is 0. The molecule has 762 valence electrons. The van der Waals surface area contributed by atoms with E-state index in [4.69, 9.17) is 195 Å². The monoisotopic (exact) mass is 2030 g/mol. The van der Waals surface area contributed by atoms with Gasteiger partial charge in [-0.25, -0.2) is 0 Å². The molecule has 16 fully saturated rings. The van der Waals surface area contributed by atoms with Gasteiger partial charge >= 0.3 is 0 Å². The molecule has 0 N–H and O–H groups in total. The summed E-state index contributed by atoms with van der Waals surface area (Å²) >= 11 is 7.39. The molecule has 16 aliphatic rings. The summed E-state index contributed by atoms with van der Waals surface area (Å²) in [7, 11) is 0. The van der Waals surface area contributed by atoms with Gasteiger partial charge < -0.3 is 169 Å². The number of nitrogens with zero attached hydrogens (tertiary/aromatic N) is 5. The van der Waals surface area contributed by atoms with Crippen molar-refractivity contribution in [3.8, 4) is 0 Å². The zero-order valence-electron chi connectivity index (χ0n) is 81.6. The van der Waals surface area contributed by atoms with Gasteiger partial charge in [-0.1, -0.05) is 25.8 Å². The fraction of sp³-hybridized carbons (Fsp3) is 0.835. The highest BCUT2D eigenvalue weighted by molar-refractivity contribution is 8.00. The number of thioether (sulfide) groups is 5. The summed E-state index contributed by atoms with van der Waals surface area (Å²) < 4.78 is 236. The van der Waals surface area contributed by atoms with Gasteiger partial charge in [0.1, 0.15) is 201 Å². The van der Waals surface area contributed by atoms with E-state index >= 15 is 0 Å². The third-order valence-electron chi connectivity index (χ3n) is 28.0. The molecule has 0 amide bonds. The van der Waals surface area contributed by atoms with Crippen LogP contribution in [0.5, 0.6) is 0 Å². The summed E-state index contributed by atoms with van der Waals surface area (Å²) in [5.74, 6) is -8.54. The highest BCUT2D eigenvalue weighted by Crippen LogP contribution is 2.64. The minimum absolute atomic E-state index is 0.189. The Hall–Kier alpha value is -3.44. The van der Waals surface area contributed by atoms with E-state index in [1.165, 1.54) is 58.8 Å². The van der Waals surface area contributed by atoms with Crippen LogP contribution in [-0.2, 0) is 204 Å². The molecule has 0 spiro atoms. The lowest BCUT2D eigenvalue weighted by Gasteiger charge is -2.45. The summed E-state index contributed by atoms with van der Waals surface area (Å²) in [6.45, 7) is 36.3. The highest BCUT2D eigenvalue weighted by atomic mass is 32.2. The number of ether oxygens (including phenoxy) is 31. The lowest BCUT2D eigenvalue weighted by molar-refractivity contribution is -0.332. The van der Waals surface area contributed by atoms with Gasteiger partial charge in [0.2, 0.25) is 0 Å². The van der Waals surface area contributed by atoms with E-state index in [0.717, 1.165) is 0 Å². The van der Waals surface area contributed by atoms with Crippen LogP contribution >= 0.6 is 58.8 Å². The average Bonchev–Trinajstić information content (AvgIpc) is 1.57. The molecule has 5 aromatic rings. The first-order valence-corrected chi connectivity index (χ1v) is 52.7. The fourth-order valence-corrected chi connectivity index (χ4v) is 28.1. The van der Waals surface area contributed by atoms with Gasteiger partial charge in [0.25, 0.3) is 0 Å². The van der Waals surface area contributed by atoms with Crippen molar-refractivity contribution in [3.63, 3.8) is 0 Å². The van der Waals surface area contributed by atoms with Crippen molar-refractivity contribution in [2.45, 2.75) is 407 Å². The molecular formula is C91H127N5O36S5. The quantitative estimate of drug-likeness (QED) is 0.0398. The Balaban J connectivity index is 0.675. The first-order chi connectivity index (χ1) is 64.7. The lowest BCUT2D eigenvalue weighted by atomic mass is 9.90. The third kappa shape index (κ3) is 17.7. The van der Waals surface area contributed by atoms with Crippen molar-refractivity contribution >= 4 is 58.8 Å². The van der Waals surface area contributed by atoms with Crippen LogP contribution in [0.25, 0.3) is 0 Å². The molecule has 0 aromatic carbocycles. The zero-order chi connectivity index (χ0) is 96.5. The van der Waals surface area contributed by atoms with Crippen LogP contribution in [0.2, 0.25) is 0 Å². The smallest absolute Gasteiger partial charge is 0.189 e. The van der Waals surface area contributed by atoms with Crippen molar-refractivity contribution in [3.05, 3.63) is 87.6 Å². The molecule has 41 nitrogen and oxygen atoms in total. The van der Waals surface area contributed by atoms with Gasteiger partial charge in [0.15, 0.2) is 124 Å². The molecule has 0 aliphatic carbocycles. The number of rotatable bonds is 31. The van der Waals surface area contributed by atoms with Gasteiger partial charge in [-0.2, -0.15) is 0 Å². The topological polar surface area (TPSA) is 416 Å². The molecular weight excluding hydrogens is 1900 g/mol. The second kappa shape index (κ2) is 35.7. The van der Waals surface area contributed by atoms with E-state index in [1.807, 2.05) is 200 Å². The summed E-state index contributed by atoms with van der Waals surface area (Å²) in [6, 6.07) is 9.08. The molecule has 21 heterocycles. The Morgan fingerprint density at radius 2 is 0.482 bits per heavy atom. The van der Waals surface area contributed by atoms with E-state index < -0.39 is 235 Å². The van der Waals surface area contributed by atoms with E-state index in [-0.39, 0.29) is 95.7 Å². The van der Waals surface area contributed by atoms with Crippen LogP contribution in [0.15, 0.2) is 52.9 Å². The Labute approximate surface area is 814 Å². The third-order valence-corrected chi connectivity index (χ3v) is 34.8. The summed E-state index contributed by atoms with van der Waals surface area (Å²) in [5.41, 5.74) is 2.31. The molecule has 0 radical (unpaired) electrons. The Bertz CT molecular complexity index is 5150. The number of fused-ring (bicyclic) bond motifs is 5. The van der Waals surface area contributed by atoms with Crippen LogP contribution in [0.4, 0.5) is 0 Å². The highest BCUT2D eigenvalue weighted by Gasteiger charge is 2.75. The summed E-state index contributed by atoms with van der Waals surface area (Å²) in [5, 5.41) is 24.3. The fourth-order valence-electron chi connectivity index (χ4n) is 22.4. The number of aromatic nitrogens is 5. The van der Waals surface area contributed by atoms with Crippen molar-refractivity contribution in [1.29, 1.82) is 0 Å². The number of hydrogen-bond acceptors (Lipinski definition) is 46. The van der Waals surface area contributed by atoms with Crippen molar-refractivity contribution in [2.75, 3.05) is 70.9 Å². The molecule has 0 bridgehead atoms. The van der Waals surface area contributed by atoms with Gasteiger partial charge in [-0.3, -0.25) is 0 Å². The maximum atomic E-state index is 7.58. The molecule has 137 heavy (non-hydrogen) atoms. The largest absolute Gasteiger partial charge is 0.371 e. The van der Waals surface area contributed by atoms with Gasteiger partial charge in [0, 0.05) is 30.3 Å². The van der Waals surface area contributed by atoms with Crippen LogP contribution < -0.4 is 0 Å². The van der Waals surface area contributed by atoms with Gasteiger partial charge in [-0.15, -0.1) is 58.8 Å². The van der Waals surface area contributed by atoms with Crippen molar-refractivity contribution in [1.82, 2.24) is 25.8 Å². The van der Waals surface area contributed by atoms with E-state index in [1.54, 1.807) is 0 Å². The predicted molar refractivity (Wildman–Crippen MR) is 475 cm³/mol. The minimum Gasteiger partial charge on any atom is -0.371 e. The maximum Gasteiger partial charge on any atom is 0.189 e. The molecule has 0 saturated carbocycles. The van der Waals surface area contributed by atoms with Crippen molar-refractivity contribution < 1.29 is 169 Å². The first-order valence-electron chi connectivity index (χ1n) is 46.6. The first kappa shape index (κ1) is 99.5. The minimum atomic E-state index is -1.48. The lowest BCUT2D eigenvalue weighted by Crippen LogP contribution is -2.61. The molecule has 30 atom stereocenters. The SMILES string of the molecule is CS[C@@]1(c2cc(COC[C@H]3O[C@@H](OCc4cc([C@]5(SC)[C@@H]([C@H]6COC(C)(C)O6)O[C@@H]6OC(C)(C)O[C@@H]65)no4)[C@H](OCc4cc([C@]5(SC)[C@@H]([C@H]6COC(C)(C)O6)O[C@@H]6OC(C)(C)O[C@@H]65)no4)[C@@H](OCc4cc([C@]5(SC)[C@@H]([C@H]6COC(C)(C)O6)O[C@@H]6OC(C)(C)O[C@@H]65)no4)[C@@H]3OCc3cc([C@]4(SC)[C@@H]([C@H]5COC(C)(C)O5)O[C@@H]5OC(C)(C)O[C@@H]54)no3)on2)[C@@H]([C@H]2COC(C)(C)O2)O[C@@H]2OC(C)(C)O[C@@H]21. The molecule has 16 aliphatic heterocycles. The normalized spacial score (nSPS) is 43.3. The molecule has 5 aromatic heterocycles. The summed E-state index contributed by atoms with van der Waals surface area (Å²) in [6.07, 6.45) is -11.1. The molecule has 21 rings (SSSR count). The van der Waals surface area contributed by atoms with Crippen LogP contribution in [0.1, 0.15) is 196 Å². The second-order valence-electron chi connectivity index (χ2n) is 41.8. The van der Waals surface area contributed by atoms with E-state index in [9.17, 15) is 0 Å². The summed E-state index contributed by atoms with van der Waals surface area (Å²) in [4.78, 5) is 0. The predicted octanol–water partition coefficient (Wildman–Crippen LogP) is 10.8. The van der Waals surface area contributed by atoms with E-state index in [0.29, 0.717) is 34.2 Å². The average molecular weight is 2030 g/mol. The maximum absolute atomic E-state index is 7.58. The molecule has 16 saturated heterocycles. The van der Waals surface area contributed by atoms with Crippen LogP contribution in [0.3, 0.4) is 0 Å². The Morgan fingerprint density at radius 3 is 0.715 bits per heavy atom.